The number of aliphatic hydroxyl groups is 1. The molecule has 0 bridgehead atoms. The molecule has 2 rings (SSSR count). The summed E-state index contributed by atoms with van der Waals surface area (Å²) in [6.45, 7) is 6.29. The molecule has 3 nitrogen and oxygen atoms in total. The molecule has 0 aliphatic carbocycles. The molecule has 1 aromatic rings. The van der Waals surface area contributed by atoms with Crippen LogP contribution >= 0.6 is 0 Å². The van der Waals surface area contributed by atoms with Crippen LogP contribution in [0.2, 0.25) is 0 Å². The van der Waals surface area contributed by atoms with Gasteiger partial charge in [-0.2, -0.15) is 0 Å². The molecule has 1 saturated heterocycles. The Morgan fingerprint density at radius 3 is 2.50 bits per heavy atom. The van der Waals surface area contributed by atoms with Crippen molar-refractivity contribution in [2.24, 2.45) is 0 Å². The quantitative estimate of drug-likeness (QED) is 0.890. The third kappa shape index (κ3) is 2.85. The summed E-state index contributed by atoms with van der Waals surface area (Å²) in [5.41, 5.74) is 1.17. The molecule has 0 saturated carbocycles. The van der Waals surface area contributed by atoms with Crippen LogP contribution < -0.4 is 4.74 Å². The molecule has 1 N–H and O–H groups in total. The SMILES string of the molecule is COc1ccc(C(O)CN2CCCC2(C)C)cc1. The van der Waals surface area contributed by atoms with E-state index in [9.17, 15) is 5.11 Å². The lowest BCUT2D eigenvalue weighted by Crippen LogP contribution is -2.40. The Morgan fingerprint density at radius 1 is 1.33 bits per heavy atom. The molecule has 1 aliphatic heterocycles. The molecule has 0 amide bonds. The van der Waals surface area contributed by atoms with E-state index in [1.807, 2.05) is 24.3 Å². The minimum absolute atomic E-state index is 0.216. The highest BCUT2D eigenvalue weighted by molar-refractivity contribution is 5.28. The summed E-state index contributed by atoms with van der Waals surface area (Å²) in [7, 11) is 1.65. The smallest absolute Gasteiger partial charge is 0.118 e. The van der Waals surface area contributed by atoms with Crippen LogP contribution in [0.5, 0.6) is 5.75 Å². The van der Waals surface area contributed by atoms with Gasteiger partial charge >= 0.3 is 0 Å². The van der Waals surface area contributed by atoms with Crippen molar-refractivity contribution in [2.45, 2.75) is 38.3 Å². The van der Waals surface area contributed by atoms with Gasteiger partial charge in [-0.1, -0.05) is 12.1 Å². The van der Waals surface area contributed by atoms with Crippen LogP contribution in [-0.2, 0) is 0 Å². The molecule has 3 heteroatoms. The summed E-state index contributed by atoms with van der Waals surface area (Å²) in [6, 6.07) is 7.67. The number of likely N-dealkylation sites (tertiary alicyclic amines) is 1. The Kier molecular flexibility index (Phi) is 3.93. The first kappa shape index (κ1) is 13.4. The number of β-amino-alcohol motifs (C(OH)–C–C–N with tert-alkyl or cyclic N) is 1. The minimum atomic E-state index is -0.423. The lowest BCUT2D eigenvalue weighted by Gasteiger charge is -2.33. The average Bonchev–Trinajstić information content (AvgIpc) is 2.69. The van der Waals surface area contributed by atoms with Gasteiger partial charge in [0.2, 0.25) is 0 Å². The fourth-order valence-corrected chi connectivity index (χ4v) is 2.64. The van der Waals surface area contributed by atoms with E-state index in [1.165, 1.54) is 12.8 Å². The fourth-order valence-electron chi connectivity index (χ4n) is 2.64. The van der Waals surface area contributed by atoms with Gasteiger partial charge in [-0.05, 0) is 50.9 Å². The van der Waals surface area contributed by atoms with Crippen molar-refractivity contribution in [2.75, 3.05) is 20.2 Å². The molecule has 18 heavy (non-hydrogen) atoms. The van der Waals surface area contributed by atoms with E-state index in [-0.39, 0.29) is 5.54 Å². The van der Waals surface area contributed by atoms with Gasteiger partial charge in [0.25, 0.3) is 0 Å². The molecule has 0 radical (unpaired) electrons. The first-order valence-electron chi connectivity index (χ1n) is 6.60. The zero-order chi connectivity index (χ0) is 13.2. The molecule has 100 valence electrons. The minimum Gasteiger partial charge on any atom is -0.497 e. The number of nitrogens with zero attached hydrogens (tertiary/aromatic N) is 1. The maximum atomic E-state index is 10.3. The molecular formula is C15H23NO2. The number of ether oxygens (including phenoxy) is 1. The Balaban J connectivity index is 2.00. The second kappa shape index (κ2) is 5.29. The van der Waals surface area contributed by atoms with E-state index in [4.69, 9.17) is 4.74 Å². The van der Waals surface area contributed by atoms with Gasteiger partial charge in [0.15, 0.2) is 0 Å². The summed E-state index contributed by atoms with van der Waals surface area (Å²) < 4.78 is 5.12. The summed E-state index contributed by atoms with van der Waals surface area (Å²) in [6.07, 6.45) is 2.01. The highest BCUT2D eigenvalue weighted by atomic mass is 16.5. The predicted octanol–water partition coefficient (Wildman–Crippen LogP) is 2.60. The normalized spacial score (nSPS) is 20.9. The number of hydrogen-bond acceptors (Lipinski definition) is 3. The van der Waals surface area contributed by atoms with E-state index in [2.05, 4.69) is 18.7 Å². The molecular weight excluding hydrogens is 226 g/mol. The highest BCUT2D eigenvalue weighted by Gasteiger charge is 2.32. The molecule has 0 spiro atoms. The van der Waals surface area contributed by atoms with E-state index < -0.39 is 6.10 Å². The largest absolute Gasteiger partial charge is 0.497 e. The summed E-state index contributed by atoms with van der Waals surface area (Å²) in [4.78, 5) is 2.38. The first-order valence-corrected chi connectivity index (χ1v) is 6.60. The molecule has 0 aromatic heterocycles. The Hall–Kier alpha value is -1.06. The lowest BCUT2D eigenvalue weighted by molar-refractivity contribution is 0.0778. The third-order valence-electron chi connectivity index (χ3n) is 3.97. The maximum Gasteiger partial charge on any atom is 0.118 e. The van der Waals surface area contributed by atoms with Crippen LogP contribution in [0, 0.1) is 0 Å². The zero-order valence-corrected chi connectivity index (χ0v) is 11.5. The van der Waals surface area contributed by atoms with Gasteiger partial charge in [-0.25, -0.2) is 0 Å². The first-order chi connectivity index (χ1) is 8.53. The number of methoxy groups -OCH3 is 1. The van der Waals surface area contributed by atoms with Gasteiger partial charge in [0, 0.05) is 12.1 Å². The van der Waals surface area contributed by atoms with Crippen LogP contribution in [0.25, 0.3) is 0 Å². The average molecular weight is 249 g/mol. The van der Waals surface area contributed by atoms with E-state index in [0.717, 1.165) is 17.9 Å². The van der Waals surface area contributed by atoms with Crippen molar-refractivity contribution >= 4 is 0 Å². The fraction of sp³-hybridized carbons (Fsp3) is 0.600. The third-order valence-corrected chi connectivity index (χ3v) is 3.97. The lowest BCUT2D eigenvalue weighted by atomic mass is 10.0. The van der Waals surface area contributed by atoms with E-state index in [0.29, 0.717) is 6.54 Å². The van der Waals surface area contributed by atoms with Crippen molar-refractivity contribution < 1.29 is 9.84 Å². The van der Waals surface area contributed by atoms with Gasteiger partial charge in [-0.15, -0.1) is 0 Å². The molecule has 1 heterocycles. The van der Waals surface area contributed by atoms with Crippen LogP contribution in [-0.4, -0.2) is 35.7 Å². The Labute approximate surface area is 109 Å². The van der Waals surface area contributed by atoms with Crippen molar-refractivity contribution in [3.63, 3.8) is 0 Å². The summed E-state index contributed by atoms with van der Waals surface area (Å²) in [5.74, 6) is 0.826. The van der Waals surface area contributed by atoms with Crippen LogP contribution in [0.3, 0.4) is 0 Å². The number of benzene rings is 1. The highest BCUT2D eigenvalue weighted by Crippen LogP contribution is 2.30. The molecule has 1 fully saturated rings. The Morgan fingerprint density at radius 2 is 2.00 bits per heavy atom. The summed E-state index contributed by atoms with van der Waals surface area (Å²) >= 11 is 0. The number of hydrogen-bond donors (Lipinski definition) is 1. The van der Waals surface area contributed by atoms with Gasteiger partial charge < -0.3 is 9.84 Å². The van der Waals surface area contributed by atoms with Crippen molar-refractivity contribution in [1.82, 2.24) is 4.90 Å². The second-order valence-electron chi connectivity index (χ2n) is 5.65. The van der Waals surface area contributed by atoms with E-state index >= 15 is 0 Å². The van der Waals surface area contributed by atoms with Gasteiger partial charge in [-0.3, -0.25) is 4.90 Å². The number of rotatable bonds is 4. The molecule has 1 atom stereocenters. The predicted molar refractivity (Wildman–Crippen MR) is 72.8 cm³/mol. The van der Waals surface area contributed by atoms with E-state index in [1.54, 1.807) is 7.11 Å². The second-order valence-corrected chi connectivity index (χ2v) is 5.65. The topological polar surface area (TPSA) is 32.7 Å². The van der Waals surface area contributed by atoms with Crippen LogP contribution in [0.1, 0.15) is 38.4 Å². The molecule has 1 aliphatic rings. The summed E-state index contributed by atoms with van der Waals surface area (Å²) in [5, 5.41) is 10.3. The molecule has 1 unspecified atom stereocenters. The maximum absolute atomic E-state index is 10.3. The van der Waals surface area contributed by atoms with Gasteiger partial charge in [0.1, 0.15) is 5.75 Å². The van der Waals surface area contributed by atoms with Crippen molar-refractivity contribution in [3.05, 3.63) is 29.8 Å². The van der Waals surface area contributed by atoms with Crippen molar-refractivity contribution in [3.8, 4) is 5.75 Å². The van der Waals surface area contributed by atoms with Crippen LogP contribution in [0.4, 0.5) is 0 Å². The molecule has 1 aromatic carbocycles. The van der Waals surface area contributed by atoms with Crippen molar-refractivity contribution in [1.29, 1.82) is 0 Å². The van der Waals surface area contributed by atoms with Gasteiger partial charge in [0.05, 0.1) is 13.2 Å². The monoisotopic (exact) mass is 249 g/mol. The Bertz CT molecular complexity index is 386. The standard InChI is InChI=1S/C15H23NO2/c1-15(2)9-4-10-16(15)11-14(17)12-5-7-13(18-3)8-6-12/h5-8,14,17H,4,9-11H2,1-3H3. The zero-order valence-electron chi connectivity index (χ0n) is 11.5. The number of aliphatic hydroxyl groups excluding tert-OH is 1. The van der Waals surface area contributed by atoms with Crippen LogP contribution in [0.15, 0.2) is 24.3 Å².